The quantitative estimate of drug-likeness (QED) is 0.835. The lowest BCUT2D eigenvalue weighted by molar-refractivity contribution is -0.118. The summed E-state index contributed by atoms with van der Waals surface area (Å²) in [6.45, 7) is 1.59. The lowest BCUT2D eigenvalue weighted by Gasteiger charge is -2.09. The van der Waals surface area contributed by atoms with Crippen molar-refractivity contribution in [2.75, 3.05) is 7.05 Å². The van der Waals surface area contributed by atoms with E-state index in [4.69, 9.17) is 0 Å². The van der Waals surface area contributed by atoms with E-state index >= 15 is 0 Å². The number of hydrogen-bond acceptors (Lipinski definition) is 3. The van der Waals surface area contributed by atoms with Gasteiger partial charge in [-0.2, -0.15) is 0 Å². The Kier molecular flexibility index (Phi) is 3.86. The molecular weight excluding hydrogens is 281 g/mol. The van der Waals surface area contributed by atoms with Crippen molar-refractivity contribution in [1.29, 1.82) is 0 Å². The molecule has 0 aliphatic rings. The predicted molar refractivity (Wildman–Crippen MR) is 58.9 cm³/mol. The molecule has 1 rings (SSSR count). The molecule has 0 fully saturated rings. The number of halogens is 1. The minimum atomic E-state index is -0.119. The predicted octanol–water partition coefficient (Wildman–Crippen LogP) is 0.801. The van der Waals surface area contributed by atoms with E-state index in [0.29, 0.717) is 6.42 Å². The lowest BCUT2D eigenvalue weighted by Crippen LogP contribution is -2.34. The van der Waals surface area contributed by atoms with Gasteiger partial charge in [-0.1, -0.05) is 0 Å². The number of hydrogen-bond donors (Lipinski definition) is 1. The Morgan fingerprint density at radius 1 is 1.85 bits per heavy atom. The Hall–Kier alpha value is -0.430. The summed E-state index contributed by atoms with van der Waals surface area (Å²) in [5.41, 5.74) is 0.934. The fourth-order valence-corrected chi connectivity index (χ4v) is 1.55. The molecule has 72 valence electrons. The summed E-state index contributed by atoms with van der Waals surface area (Å²) in [4.78, 5) is 15.2. The van der Waals surface area contributed by atoms with Crippen LogP contribution in [0.15, 0.2) is 12.5 Å². The highest BCUT2D eigenvalue weighted by molar-refractivity contribution is 14.1. The number of likely N-dealkylation sites (N-methyl/N-ethyl adjacent to an activating group) is 1. The molecule has 0 spiro atoms. The van der Waals surface area contributed by atoms with E-state index in [1.165, 1.54) is 0 Å². The molecule has 0 unspecified atom stereocenters. The first kappa shape index (κ1) is 10.6. The standard InChI is InChI=1S/C8H12IN3O/c1-6(13)8(10-2)3-7-4-12(9)5-11-7/h4-5,8,10H,3H2,1-2H3/t8-/m0/s1. The van der Waals surface area contributed by atoms with Crippen LogP contribution >= 0.6 is 22.9 Å². The molecule has 0 radical (unpaired) electrons. The third-order valence-electron chi connectivity index (χ3n) is 1.86. The molecule has 13 heavy (non-hydrogen) atoms. The topological polar surface area (TPSA) is 46.9 Å². The molecule has 1 aromatic heterocycles. The molecule has 1 N–H and O–H groups in total. The van der Waals surface area contributed by atoms with Crippen molar-refractivity contribution >= 4 is 28.6 Å². The maximum absolute atomic E-state index is 11.1. The second kappa shape index (κ2) is 4.71. The van der Waals surface area contributed by atoms with E-state index in [2.05, 4.69) is 33.2 Å². The van der Waals surface area contributed by atoms with Crippen LogP contribution in [0, 0.1) is 0 Å². The van der Waals surface area contributed by atoms with E-state index in [9.17, 15) is 4.79 Å². The molecule has 1 atom stereocenters. The first-order chi connectivity index (χ1) is 6.13. The van der Waals surface area contributed by atoms with Gasteiger partial charge in [0.2, 0.25) is 0 Å². The molecule has 0 amide bonds. The maximum Gasteiger partial charge on any atom is 0.147 e. The Morgan fingerprint density at radius 3 is 2.92 bits per heavy atom. The molecule has 0 saturated heterocycles. The largest absolute Gasteiger partial charge is 0.310 e. The number of carbonyl (C=O) groups is 1. The molecule has 1 aromatic rings. The van der Waals surface area contributed by atoms with Crippen molar-refractivity contribution < 1.29 is 4.79 Å². The number of imidazole rings is 1. The Balaban J connectivity index is 2.61. The Morgan fingerprint density at radius 2 is 2.54 bits per heavy atom. The summed E-state index contributed by atoms with van der Waals surface area (Å²) in [6.07, 6.45) is 4.29. The maximum atomic E-state index is 11.1. The molecule has 5 heteroatoms. The molecule has 0 aliphatic carbocycles. The second-order valence-corrected chi connectivity index (χ2v) is 3.98. The van der Waals surface area contributed by atoms with Gasteiger partial charge in [-0.3, -0.25) is 7.58 Å². The minimum Gasteiger partial charge on any atom is -0.310 e. The van der Waals surface area contributed by atoms with Gasteiger partial charge in [0.15, 0.2) is 0 Å². The first-order valence-corrected chi connectivity index (χ1v) is 4.96. The smallest absolute Gasteiger partial charge is 0.147 e. The number of carbonyl (C=O) groups excluding carboxylic acids is 1. The summed E-state index contributed by atoms with van der Waals surface area (Å²) < 4.78 is 1.85. The zero-order valence-corrected chi connectivity index (χ0v) is 9.78. The van der Waals surface area contributed by atoms with Gasteiger partial charge < -0.3 is 5.32 Å². The van der Waals surface area contributed by atoms with Crippen LogP contribution in [0.4, 0.5) is 0 Å². The van der Waals surface area contributed by atoms with Gasteiger partial charge in [0.25, 0.3) is 0 Å². The van der Waals surface area contributed by atoms with Crippen LogP contribution in [0.1, 0.15) is 12.6 Å². The summed E-state index contributed by atoms with van der Waals surface area (Å²) in [5.74, 6) is 0.144. The van der Waals surface area contributed by atoms with Crippen LogP contribution in [-0.2, 0) is 11.2 Å². The third kappa shape index (κ3) is 3.07. The van der Waals surface area contributed by atoms with Gasteiger partial charge in [0.05, 0.1) is 34.6 Å². The highest BCUT2D eigenvalue weighted by atomic mass is 127. The van der Waals surface area contributed by atoms with Gasteiger partial charge in [0.1, 0.15) is 12.1 Å². The van der Waals surface area contributed by atoms with Crippen LogP contribution in [-0.4, -0.2) is 26.6 Å². The van der Waals surface area contributed by atoms with Gasteiger partial charge in [0, 0.05) is 12.6 Å². The van der Waals surface area contributed by atoms with E-state index in [1.807, 2.05) is 8.98 Å². The zero-order chi connectivity index (χ0) is 9.84. The summed E-state index contributed by atoms with van der Waals surface area (Å²) >= 11 is 2.13. The van der Waals surface area contributed by atoms with Crippen molar-refractivity contribution in [3.05, 3.63) is 18.2 Å². The molecule has 0 aromatic carbocycles. The number of aromatic nitrogens is 2. The van der Waals surface area contributed by atoms with Crippen molar-refractivity contribution in [3.8, 4) is 0 Å². The zero-order valence-electron chi connectivity index (χ0n) is 7.62. The van der Waals surface area contributed by atoms with Crippen LogP contribution in [0.3, 0.4) is 0 Å². The second-order valence-electron chi connectivity index (χ2n) is 2.87. The molecule has 0 bridgehead atoms. The third-order valence-corrected chi connectivity index (χ3v) is 2.39. The number of nitrogens with zero attached hydrogens (tertiary/aromatic N) is 2. The SMILES string of the molecule is CN[C@@H](Cc1cn(I)cn1)C(C)=O. The lowest BCUT2D eigenvalue weighted by atomic mass is 10.1. The first-order valence-electron chi connectivity index (χ1n) is 4.00. The van der Waals surface area contributed by atoms with Crippen LogP contribution in [0.25, 0.3) is 0 Å². The minimum absolute atomic E-state index is 0.119. The van der Waals surface area contributed by atoms with Crippen molar-refractivity contribution in [1.82, 2.24) is 13.1 Å². The number of Topliss-reactive ketones (excluding diaryl/α,β-unsaturated/α-hetero) is 1. The Labute approximate surface area is 91.2 Å². The highest BCUT2D eigenvalue weighted by Crippen LogP contribution is 2.03. The number of rotatable bonds is 4. The van der Waals surface area contributed by atoms with Crippen molar-refractivity contribution in [2.24, 2.45) is 0 Å². The van der Waals surface area contributed by atoms with Gasteiger partial charge in [-0.25, -0.2) is 4.98 Å². The molecule has 1 heterocycles. The highest BCUT2D eigenvalue weighted by Gasteiger charge is 2.13. The summed E-state index contributed by atoms with van der Waals surface area (Å²) in [7, 11) is 1.78. The summed E-state index contributed by atoms with van der Waals surface area (Å²) in [5, 5.41) is 2.96. The van der Waals surface area contributed by atoms with Crippen LogP contribution < -0.4 is 5.32 Å². The van der Waals surface area contributed by atoms with Gasteiger partial charge >= 0.3 is 0 Å². The van der Waals surface area contributed by atoms with E-state index < -0.39 is 0 Å². The normalized spacial score (nSPS) is 12.8. The van der Waals surface area contributed by atoms with Crippen LogP contribution in [0.2, 0.25) is 0 Å². The average molecular weight is 293 g/mol. The Bertz CT molecular complexity index is 297. The molecule has 0 saturated carbocycles. The van der Waals surface area contributed by atoms with Crippen LogP contribution in [0.5, 0.6) is 0 Å². The molecule has 4 nitrogen and oxygen atoms in total. The van der Waals surface area contributed by atoms with Gasteiger partial charge in [-0.05, 0) is 14.0 Å². The monoisotopic (exact) mass is 293 g/mol. The average Bonchev–Trinajstić information content (AvgIpc) is 2.46. The molecular formula is C8H12IN3O. The van der Waals surface area contributed by atoms with Crippen molar-refractivity contribution in [2.45, 2.75) is 19.4 Å². The number of nitrogens with one attached hydrogen (secondary N) is 1. The van der Waals surface area contributed by atoms with Crippen molar-refractivity contribution in [3.63, 3.8) is 0 Å². The fourth-order valence-electron chi connectivity index (χ4n) is 1.10. The number of ketones is 1. The summed E-state index contributed by atoms with van der Waals surface area (Å²) in [6, 6.07) is -0.119. The fraction of sp³-hybridized carbons (Fsp3) is 0.500. The van der Waals surface area contributed by atoms with Gasteiger partial charge in [-0.15, -0.1) is 0 Å². The van der Waals surface area contributed by atoms with E-state index in [0.717, 1.165) is 5.69 Å². The van der Waals surface area contributed by atoms with E-state index in [-0.39, 0.29) is 11.8 Å². The molecule has 0 aliphatic heterocycles. The van der Waals surface area contributed by atoms with E-state index in [1.54, 1.807) is 20.3 Å².